The summed E-state index contributed by atoms with van der Waals surface area (Å²) in [6.45, 7) is 0. The van der Waals surface area contributed by atoms with Gasteiger partial charge in [0.25, 0.3) is 0 Å². The Morgan fingerprint density at radius 3 is 1.12 bits per heavy atom. The maximum Gasteiger partial charge on any atom is 0.198 e. The Labute approximate surface area is 133 Å². The van der Waals surface area contributed by atoms with E-state index in [0.29, 0.717) is 11.1 Å². The number of rotatable bonds is 0. The summed E-state index contributed by atoms with van der Waals surface area (Å²) in [4.78, 5) is 0. The van der Waals surface area contributed by atoms with Crippen LogP contribution in [0.5, 0.6) is 0 Å². The third kappa shape index (κ3) is 3.47. The molecule has 0 aliphatic rings. The molecule has 116 valence electrons. The Morgan fingerprint density at radius 1 is 0.542 bits per heavy atom. The molecular weight excluding hydrogens is 324 g/mol. The van der Waals surface area contributed by atoms with Gasteiger partial charge in [-0.25, -0.2) is 17.6 Å². The van der Waals surface area contributed by atoms with Crippen molar-refractivity contribution in [2.45, 2.75) is 0 Å². The average molecular weight is 328 g/mol. The van der Waals surface area contributed by atoms with E-state index in [0.717, 1.165) is 12.1 Å². The van der Waals surface area contributed by atoms with Crippen molar-refractivity contribution in [1.82, 2.24) is 0 Å². The second-order valence-corrected chi connectivity index (χ2v) is 4.00. The van der Waals surface area contributed by atoms with Crippen molar-refractivity contribution in [3.05, 3.63) is 69.8 Å². The zero-order chi connectivity index (χ0) is 18.3. The summed E-state index contributed by atoms with van der Waals surface area (Å²) in [7, 11) is 0. The molecule has 0 N–H and O–H groups in total. The Bertz CT molecular complexity index is 878. The van der Waals surface area contributed by atoms with Crippen LogP contribution in [0.3, 0.4) is 0 Å². The number of hydrogen-bond acceptors (Lipinski definition) is 4. The number of benzene rings is 2. The van der Waals surface area contributed by atoms with E-state index in [9.17, 15) is 17.6 Å². The van der Waals surface area contributed by atoms with Crippen LogP contribution in [0.25, 0.3) is 0 Å². The summed E-state index contributed by atoms with van der Waals surface area (Å²) in [6, 6.07) is 12.7. The maximum atomic E-state index is 12.7. The summed E-state index contributed by atoms with van der Waals surface area (Å²) < 4.78 is 50.5. The highest BCUT2D eigenvalue weighted by atomic mass is 19.2. The van der Waals surface area contributed by atoms with Crippen LogP contribution in [0.2, 0.25) is 0 Å². The molecule has 0 unspecified atom stereocenters. The molecule has 0 aromatic heterocycles. The number of halogens is 4. The molecule has 0 saturated carbocycles. The van der Waals surface area contributed by atoms with Gasteiger partial charge in [-0.15, -0.1) is 0 Å². The lowest BCUT2D eigenvalue weighted by atomic mass is 10.1. The molecule has 0 aliphatic heterocycles. The summed E-state index contributed by atoms with van der Waals surface area (Å²) in [5.41, 5.74) is -1.40. The molecule has 2 aromatic rings. The van der Waals surface area contributed by atoms with E-state index < -0.39 is 34.4 Å². The van der Waals surface area contributed by atoms with Gasteiger partial charge < -0.3 is 0 Å². The van der Waals surface area contributed by atoms with Crippen LogP contribution in [0.4, 0.5) is 17.6 Å². The van der Waals surface area contributed by atoms with Crippen molar-refractivity contribution in [3.8, 4) is 24.3 Å². The van der Waals surface area contributed by atoms with E-state index in [1.54, 1.807) is 24.3 Å². The van der Waals surface area contributed by atoms with Crippen LogP contribution >= 0.6 is 0 Å². The molecule has 0 radical (unpaired) electrons. The molecule has 0 amide bonds. The molecule has 0 saturated heterocycles. The fourth-order valence-corrected chi connectivity index (χ4v) is 1.52. The standard InChI is InChI=1S/C8F4N2.C8H4N2/c9-5-3(1-13)4(2-14)6(10)8(12)7(5)11;9-5-7-3-1-2-4-8(7)6-10/h;1-4H. The van der Waals surface area contributed by atoms with Gasteiger partial charge in [0.1, 0.15) is 35.4 Å². The summed E-state index contributed by atoms with van der Waals surface area (Å²) in [5.74, 6) is -7.91. The lowest BCUT2D eigenvalue weighted by Crippen LogP contribution is -2.04. The highest BCUT2D eigenvalue weighted by Gasteiger charge is 2.24. The van der Waals surface area contributed by atoms with Gasteiger partial charge in [0.15, 0.2) is 23.3 Å². The van der Waals surface area contributed by atoms with E-state index in [-0.39, 0.29) is 0 Å². The Balaban J connectivity index is 0.000000254. The molecule has 8 heteroatoms. The second-order valence-electron chi connectivity index (χ2n) is 4.00. The zero-order valence-electron chi connectivity index (χ0n) is 11.6. The van der Waals surface area contributed by atoms with E-state index in [4.69, 9.17) is 21.0 Å². The van der Waals surface area contributed by atoms with Crippen LogP contribution in [0, 0.1) is 68.6 Å². The maximum absolute atomic E-state index is 12.7. The molecule has 0 bridgehead atoms. The number of hydrogen-bond donors (Lipinski definition) is 0. The third-order valence-electron chi connectivity index (χ3n) is 2.66. The molecule has 0 heterocycles. The van der Waals surface area contributed by atoms with Gasteiger partial charge in [-0.2, -0.15) is 21.0 Å². The molecule has 0 spiro atoms. The van der Waals surface area contributed by atoms with Crippen molar-refractivity contribution < 1.29 is 17.6 Å². The fraction of sp³-hybridized carbons (Fsp3) is 0. The lowest BCUT2D eigenvalue weighted by molar-refractivity contribution is 0.406. The Morgan fingerprint density at radius 2 is 0.875 bits per heavy atom. The summed E-state index contributed by atoms with van der Waals surface area (Å²) in [5, 5.41) is 33.4. The molecule has 2 rings (SSSR count). The van der Waals surface area contributed by atoms with Gasteiger partial charge in [0, 0.05) is 0 Å². The van der Waals surface area contributed by atoms with Gasteiger partial charge in [0.05, 0.1) is 11.1 Å². The van der Waals surface area contributed by atoms with Gasteiger partial charge in [-0.3, -0.25) is 0 Å². The predicted molar refractivity (Wildman–Crippen MR) is 71.6 cm³/mol. The molecule has 24 heavy (non-hydrogen) atoms. The minimum Gasteiger partial charge on any atom is -0.202 e. The minimum absolute atomic E-state index is 0.435. The van der Waals surface area contributed by atoms with Crippen LogP contribution in [0.1, 0.15) is 22.3 Å². The summed E-state index contributed by atoms with van der Waals surface area (Å²) in [6.07, 6.45) is 0. The first kappa shape index (κ1) is 18.2. The van der Waals surface area contributed by atoms with Crippen LogP contribution in [-0.4, -0.2) is 0 Å². The summed E-state index contributed by atoms with van der Waals surface area (Å²) >= 11 is 0. The van der Waals surface area contributed by atoms with Gasteiger partial charge in [0.2, 0.25) is 0 Å². The second kappa shape index (κ2) is 7.94. The molecule has 0 fully saturated rings. The first-order valence-electron chi connectivity index (χ1n) is 5.98. The van der Waals surface area contributed by atoms with Crippen molar-refractivity contribution in [1.29, 1.82) is 21.0 Å². The lowest BCUT2D eigenvalue weighted by Gasteiger charge is -2.01. The molecule has 0 atom stereocenters. The third-order valence-corrected chi connectivity index (χ3v) is 2.66. The highest BCUT2D eigenvalue weighted by molar-refractivity contribution is 5.48. The minimum atomic E-state index is -2.10. The van der Waals surface area contributed by atoms with Crippen molar-refractivity contribution in [3.63, 3.8) is 0 Å². The predicted octanol–water partition coefficient (Wildman–Crippen LogP) is 3.42. The smallest absolute Gasteiger partial charge is 0.198 e. The van der Waals surface area contributed by atoms with Crippen molar-refractivity contribution >= 4 is 0 Å². The monoisotopic (exact) mass is 328 g/mol. The van der Waals surface area contributed by atoms with E-state index in [2.05, 4.69) is 0 Å². The molecule has 2 aromatic carbocycles. The normalized spacial score (nSPS) is 8.67. The zero-order valence-corrected chi connectivity index (χ0v) is 11.6. The van der Waals surface area contributed by atoms with Crippen LogP contribution in [0.15, 0.2) is 24.3 Å². The van der Waals surface area contributed by atoms with Gasteiger partial charge >= 0.3 is 0 Å². The number of nitriles is 4. The van der Waals surface area contributed by atoms with E-state index in [1.165, 1.54) is 0 Å². The topological polar surface area (TPSA) is 95.2 Å². The average Bonchev–Trinajstić information content (AvgIpc) is 2.63. The van der Waals surface area contributed by atoms with Gasteiger partial charge in [-0.1, -0.05) is 12.1 Å². The largest absolute Gasteiger partial charge is 0.202 e. The van der Waals surface area contributed by atoms with Crippen molar-refractivity contribution in [2.24, 2.45) is 0 Å². The molecular formula is C16H4F4N4. The first-order chi connectivity index (χ1) is 11.4. The van der Waals surface area contributed by atoms with E-state index >= 15 is 0 Å². The van der Waals surface area contributed by atoms with Crippen molar-refractivity contribution in [2.75, 3.05) is 0 Å². The van der Waals surface area contributed by atoms with E-state index in [1.807, 2.05) is 12.1 Å². The quantitative estimate of drug-likeness (QED) is 0.420. The number of nitrogens with zero attached hydrogens (tertiary/aromatic N) is 4. The highest BCUT2D eigenvalue weighted by Crippen LogP contribution is 2.22. The molecule has 0 aliphatic carbocycles. The SMILES string of the molecule is N#Cc1c(F)c(F)c(F)c(F)c1C#N.N#Cc1ccccc1C#N. The Kier molecular flexibility index (Phi) is 6.01. The van der Waals surface area contributed by atoms with Crippen LogP contribution < -0.4 is 0 Å². The Hall–Kier alpha value is -3.88. The molecule has 4 nitrogen and oxygen atoms in total. The van der Waals surface area contributed by atoms with Crippen LogP contribution in [-0.2, 0) is 0 Å². The van der Waals surface area contributed by atoms with Gasteiger partial charge in [-0.05, 0) is 12.1 Å². The fourth-order valence-electron chi connectivity index (χ4n) is 1.52. The first-order valence-corrected chi connectivity index (χ1v) is 5.98.